The Labute approximate surface area is 133 Å². The molecule has 0 radical (unpaired) electrons. The smallest absolute Gasteiger partial charge is 0.257 e. The van der Waals surface area contributed by atoms with Crippen molar-refractivity contribution in [1.82, 2.24) is 9.88 Å². The highest BCUT2D eigenvalue weighted by molar-refractivity contribution is 9.10. The Hall–Kier alpha value is -1.14. The third-order valence-electron chi connectivity index (χ3n) is 3.78. The van der Waals surface area contributed by atoms with Gasteiger partial charge >= 0.3 is 0 Å². The van der Waals surface area contributed by atoms with E-state index in [1.165, 1.54) is 0 Å². The van der Waals surface area contributed by atoms with Crippen LogP contribution >= 0.6 is 15.9 Å². The van der Waals surface area contributed by atoms with Crippen LogP contribution in [0.2, 0.25) is 0 Å². The molecule has 1 unspecified atom stereocenters. The van der Waals surface area contributed by atoms with E-state index in [0.717, 1.165) is 17.3 Å². The monoisotopic (exact) mass is 355 g/mol. The van der Waals surface area contributed by atoms with Gasteiger partial charge in [-0.15, -0.1) is 0 Å². The number of nitrogens with one attached hydrogen (secondary N) is 1. The topological polar surface area (TPSA) is 65.5 Å². The van der Waals surface area contributed by atoms with Crippen LogP contribution in [0.15, 0.2) is 16.7 Å². The normalized spacial score (nSPS) is 22.8. The lowest BCUT2D eigenvalue weighted by Crippen LogP contribution is -2.34. The van der Waals surface area contributed by atoms with Gasteiger partial charge in [0, 0.05) is 30.3 Å². The molecule has 1 saturated heterocycles. The van der Waals surface area contributed by atoms with E-state index in [-0.39, 0.29) is 5.91 Å². The summed E-state index contributed by atoms with van der Waals surface area (Å²) in [6.45, 7) is 5.77. The number of hydrogen-bond donors (Lipinski definition) is 2. The Kier molecular flexibility index (Phi) is 5.22. The van der Waals surface area contributed by atoms with E-state index in [4.69, 9.17) is 0 Å². The lowest BCUT2D eigenvalue weighted by molar-refractivity contribution is 0.0438. The highest BCUT2D eigenvalue weighted by Crippen LogP contribution is 2.25. The van der Waals surface area contributed by atoms with Gasteiger partial charge in [-0.05, 0) is 55.1 Å². The van der Waals surface area contributed by atoms with Crippen molar-refractivity contribution < 1.29 is 9.90 Å². The molecule has 1 aromatic heterocycles. The molecule has 0 bridgehead atoms. The van der Waals surface area contributed by atoms with Gasteiger partial charge in [0.15, 0.2) is 0 Å². The Morgan fingerprint density at radius 2 is 2.29 bits per heavy atom. The molecule has 1 amide bonds. The van der Waals surface area contributed by atoms with E-state index < -0.39 is 5.60 Å². The number of hydrogen-bond acceptors (Lipinski definition) is 4. The Morgan fingerprint density at radius 3 is 3.00 bits per heavy atom. The maximum Gasteiger partial charge on any atom is 0.257 e. The molecule has 0 aromatic carbocycles. The molecule has 0 spiro atoms. The van der Waals surface area contributed by atoms with Crippen LogP contribution in [0.3, 0.4) is 0 Å². The summed E-state index contributed by atoms with van der Waals surface area (Å²) < 4.78 is 0.786. The lowest BCUT2D eigenvalue weighted by Gasteiger charge is -2.23. The third kappa shape index (κ3) is 4.17. The van der Waals surface area contributed by atoms with Gasteiger partial charge in [-0.3, -0.25) is 4.79 Å². The van der Waals surface area contributed by atoms with E-state index in [9.17, 15) is 9.90 Å². The number of anilines is 1. The Balaban J connectivity index is 2.21. The number of aromatic nitrogens is 1. The first-order valence-corrected chi connectivity index (χ1v) is 8.13. The van der Waals surface area contributed by atoms with Crippen molar-refractivity contribution in [3.63, 3.8) is 0 Å². The minimum Gasteiger partial charge on any atom is -0.390 e. The predicted molar refractivity (Wildman–Crippen MR) is 86.5 cm³/mol. The fourth-order valence-electron chi connectivity index (χ4n) is 2.55. The third-order valence-corrected chi connectivity index (χ3v) is 4.21. The van der Waals surface area contributed by atoms with Crippen molar-refractivity contribution in [2.45, 2.75) is 38.7 Å². The first kappa shape index (κ1) is 16.2. The maximum absolute atomic E-state index is 12.8. The molecule has 5 nitrogen and oxygen atoms in total. The van der Waals surface area contributed by atoms with E-state index in [1.54, 1.807) is 12.3 Å². The van der Waals surface area contributed by atoms with Crippen LogP contribution < -0.4 is 5.32 Å². The van der Waals surface area contributed by atoms with Gasteiger partial charge in [-0.1, -0.05) is 0 Å². The maximum atomic E-state index is 12.8. The van der Waals surface area contributed by atoms with E-state index in [0.29, 0.717) is 37.4 Å². The zero-order chi connectivity index (χ0) is 15.5. The second-order valence-electron chi connectivity index (χ2n) is 5.72. The molecule has 0 aliphatic carbocycles. The Bertz CT molecular complexity index is 520. The van der Waals surface area contributed by atoms with E-state index >= 15 is 0 Å². The number of nitrogens with zero attached hydrogens (tertiary/aromatic N) is 2. The fraction of sp³-hybridized carbons (Fsp3) is 0.600. The number of amides is 1. The zero-order valence-corrected chi connectivity index (χ0v) is 14.1. The van der Waals surface area contributed by atoms with Crippen LogP contribution in [0.5, 0.6) is 0 Å². The fourth-order valence-corrected chi connectivity index (χ4v) is 2.88. The van der Waals surface area contributed by atoms with Crippen LogP contribution in [0, 0.1) is 0 Å². The molecule has 1 aromatic rings. The van der Waals surface area contributed by atoms with Gasteiger partial charge < -0.3 is 15.3 Å². The lowest BCUT2D eigenvalue weighted by atomic mass is 9.98. The molecule has 2 rings (SSSR count). The summed E-state index contributed by atoms with van der Waals surface area (Å²) >= 11 is 3.37. The molecule has 2 N–H and O–H groups in total. The molecular weight excluding hydrogens is 334 g/mol. The van der Waals surface area contributed by atoms with Crippen LogP contribution in [0.25, 0.3) is 0 Å². The highest BCUT2D eigenvalue weighted by atomic mass is 79.9. The van der Waals surface area contributed by atoms with Gasteiger partial charge in [0.2, 0.25) is 0 Å². The number of carbonyl (C=O) groups excluding carboxylic acids is 1. The van der Waals surface area contributed by atoms with E-state index in [2.05, 4.69) is 26.2 Å². The zero-order valence-electron chi connectivity index (χ0n) is 12.5. The SMILES string of the molecule is CCNc1ncc(Br)cc1C(=O)N1CCCC(C)(O)CC1. The molecule has 6 heteroatoms. The first-order chi connectivity index (χ1) is 9.93. The van der Waals surface area contributed by atoms with Crippen molar-refractivity contribution in [2.24, 2.45) is 0 Å². The minimum absolute atomic E-state index is 0.0301. The molecule has 0 saturated carbocycles. The number of pyridine rings is 1. The first-order valence-electron chi connectivity index (χ1n) is 7.34. The summed E-state index contributed by atoms with van der Waals surface area (Å²) in [4.78, 5) is 18.8. The van der Waals surface area contributed by atoms with Crippen LogP contribution in [-0.2, 0) is 0 Å². The molecule has 1 fully saturated rings. The number of rotatable bonds is 3. The molecule has 2 heterocycles. The van der Waals surface area contributed by atoms with Gasteiger partial charge in [0.1, 0.15) is 5.82 Å². The average Bonchev–Trinajstić information content (AvgIpc) is 2.61. The molecule has 116 valence electrons. The van der Waals surface area contributed by atoms with Gasteiger partial charge in [-0.25, -0.2) is 4.98 Å². The summed E-state index contributed by atoms with van der Waals surface area (Å²) in [6.07, 6.45) is 3.84. The van der Waals surface area contributed by atoms with E-state index in [1.807, 2.05) is 18.7 Å². The molecule has 21 heavy (non-hydrogen) atoms. The summed E-state index contributed by atoms with van der Waals surface area (Å²) in [6, 6.07) is 1.80. The van der Waals surface area contributed by atoms with Gasteiger partial charge in [-0.2, -0.15) is 0 Å². The number of halogens is 1. The second kappa shape index (κ2) is 6.75. The standard InChI is InChI=1S/C15H22BrN3O2/c1-3-17-13-12(9-11(16)10-18-13)14(20)19-7-4-5-15(2,21)6-8-19/h9-10,21H,3-8H2,1-2H3,(H,17,18). The Morgan fingerprint density at radius 1 is 1.52 bits per heavy atom. The van der Waals surface area contributed by atoms with Crippen LogP contribution in [0.4, 0.5) is 5.82 Å². The average molecular weight is 356 g/mol. The summed E-state index contributed by atoms with van der Waals surface area (Å²) in [5.41, 5.74) is -0.0949. The van der Waals surface area contributed by atoms with Crippen LogP contribution in [0.1, 0.15) is 43.5 Å². The quantitative estimate of drug-likeness (QED) is 0.874. The molecular formula is C15H22BrN3O2. The summed E-state index contributed by atoms with van der Waals surface area (Å²) in [5.74, 6) is 0.583. The predicted octanol–water partition coefficient (Wildman–Crippen LogP) is 2.65. The molecule has 1 aliphatic heterocycles. The van der Waals surface area contributed by atoms with Crippen molar-refractivity contribution in [3.05, 3.63) is 22.3 Å². The number of aliphatic hydroxyl groups is 1. The summed E-state index contributed by atoms with van der Waals surface area (Å²) in [5, 5.41) is 13.3. The molecule has 1 aliphatic rings. The van der Waals surface area contributed by atoms with Gasteiger partial charge in [0.25, 0.3) is 5.91 Å². The van der Waals surface area contributed by atoms with Crippen molar-refractivity contribution in [3.8, 4) is 0 Å². The number of likely N-dealkylation sites (tertiary alicyclic amines) is 1. The minimum atomic E-state index is -0.672. The van der Waals surface area contributed by atoms with Crippen molar-refractivity contribution in [1.29, 1.82) is 0 Å². The van der Waals surface area contributed by atoms with Gasteiger partial charge in [0.05, 0.1) is 11.2 Å². The van der Waals surface area contributed by atoms with Crippen molar-refractivity contribution >= 4 is 27.7 Å². The van der Waals surface area contributed by atoms with Crippen molar-refractivity contribution in [2.75, 3.05) is 25.0 Å². The summed E-state index contributed by atoms with van der Waals surface area (Å²) in [7, 11) is 0. The second-order valence-corrected chi connectivity index (χ2v) is 6.64. The largest absolute Gasteiger partial charge is 0.390 e. The molecule has 1 atom stereocenters. The highest BCUT2D eigenvalue weighted by Gasteiger charge is 2.28. The number of carbonyl (C=O) groups is 1. The van der Waals surface area contributed by atoms with Crippen LogP contribution in [-0.4, -0.2) is 46.1 Å².